The van der Waals surface area contributed by atoms with E-state index in [0.29, 0.717) is 19.5 Å². The summed E-state index contributed by atoms with van der Waals surface area (Å²) in [5, 5.41) is 2.01. The summed E-state index contributed by atoms with van der Waals surface area (Å²) < 4.78 is 0. The van der Waals surface area contributed by atoms with Crippen molar-refractivity contribution < 1.29 is 9.59 Å². The van der Waals surface area contributed by atoms with Gasteiger partial charge in [-0.2, -0.15) is 0 Å². The second-order valence-electron chi connectivity index (χ2n) is 7.25. The highest BCUT2D eigenvalue weighted by Gasteiger charge is 2.36. The summed E-state index contributed by atoms with van der Waals surface area (Å²) in [5.41, 5.74) is 4.01. The van der Waals surface area contributed by atoms with Gasteiger partial charge in [-0.1, -0.05) is 42.5 Å². The third kappa shape index (κ3) is 2.83. The quantitative estimate of drug-likeness (QED) is 0.664. The highest BCUT2D eigenvalue weighted by atomic mass is 32.1. The van der Waals surface area contributed by atoms with Gasteiger partial charge in [0, 0.05) is 29.2 Å². The van der Waals surface area contributed by atoms with Crippen LogP contribution in [0.1, 0.15) is 38.8 Å². The smallest absolute Gasteiger partial charge is 0.255 e. The maximum absolute atomic E-state index is 13.2. The second-order valence-corrected chi connectivity index (χ2v) is 8.23. The van der Waals surface area contributed by atoms with Gasteiger partial charge in [-0.3, -0.25) is 9.59 Å². The number of nitrogens with zero attached hydrogens (tertiary/aromatic N) is 2. The topological polar surface area (TPSA) is 40.6 Å². The molecule has 1 atom stereocenters. The van der Waals surface area contributed by atoms with Crippen LogP contribution in [0.15, 0.2) is 66.0 Å². The molecule has 4 nitrogen and oxygen atoms in total. The third-order valence-electron chi connectivity index (χ3n) is 5.65. The number of rotatable bonds is 4. The van der Waals surface area contributed by atoms with Crippen LogP contribution in [0.5, 0.6) is 0 Å². The Kier molecular flexibility index (Phi) is 4.24. The van der Waals surface area contributed by atoms with Crippen molar-refractivity contribution in [1.29, 1.82) is 0 Å². The van der Waals surface area contributed by atoms with Gasteiger partial charge in [0.05, 0.1) is 12.5 Å². The molecule has 5 rings (SSSR count). The van der Waals surface area contributed by atoms with E-state index in [-0.39, 0.29) is 17.9 Å². The molecular formula is C23H20N2O2S. The van der Waals surface area contributed by atoms with Gasteiger partial charge in [0.1, 0.15) is 0 Å². The Morgan fingerprint density at radius 2 is 1.79 bits per heavy atom. The zero-order valence-electron chi connectivity index (χ0n) is 15.4. The minimum absolute atomic E-state index is 0.0172. The molecule has 0 spiro atoms. The fourth-order valence-electron chi connectivity index (χ4n) is 4.25. The Morgan fingerprint density at radius 1 is 1.00 bits per heavy atom. The maximum atomic E-state index is 13.2. The van der Waals surface area contributed by atoms with Crippen molar-refractivity contribution in [2.75, 3.05) is 11.4 Å². The number of thiophene rings is 1. The average Bonchev–Trinajstić information content (AvgIpc) is 3.46. The first kappa shape index (κ1) is 17.2. The van der Waals surface area contributed by atoms with Gasteiger partial charge in [0.25, 0.3) is 5.91 Å². The monoisotopic (exact) mass is 388 g/mol. The van der Waals surface area contributed by atoms with Crippen molar-refractivity contribution in [3.05, 3.63) is 87.6 Å². The van der Waals surface area contributed by atoms with Gasteiger partial charge in [-0.25, -0.2) is 0 Å². The summed E-state index contributed by atoms with van der Waals surface area (Å²) in [6.45, 7) is 1.27. The van der Waals surface area contributed by atoms with E-state index in [0.717, 1.165) is 28.1 Å². The van der Waals surface area contributed by atoms with Crippen molar-refractivity contribution in [3.63, 3.8) is 0 Å². The summed E-state index contributed by atoms with van der Waals surface area (Å²) in [6, 6.07) is 19.6. The van der Waals surface area contributed by atoms with E-state index in [2.05, 4.69) is 6.07 Å². The van der Waals surface area contributed by atoms with Crippen molar-refractivity contribution >= 4 is 28.8 Å². The van der Waals surface area contributed by atoms with Crippen LogP contribution in [-0.2, 0) is 17.8 Å². The number of anilines is 1. The average molecular weight is 388 g/mol. The van der Waals surface area contributed by atoms with E-state index in [1.807, 2.05) is 69.8 Å². The van der Waals surface area contributed by atoms with Crippen LogP contribution in [0.4, 0.5) is 5.69 Å². The predicted octanol–water partition coefficient (Wildman–Crippen LogP) is 4.42. The lowest BCUT2D eigenvalue weighted by Crippen LogP contribution is -2.36. The van der Waals surface area contributed by atoms with E-state index in [1.54, 1.807) is 11.3 Å². The van der Waals surface area contributed by atoms with Crippen molar-refractivity contribution in [2.24, 2.45) is 0 Å². The molecule has 1 unspecified atom stereocenters. The molecule has 2 amide bonds. The molecule has 0 N–H and O–H groups in total. The lowest BCUT2D eigenvalue weighted by molar-refractivity contribution is -0.119. The summed E-state index contributed by atoms with van der Waals surface area (Å²) in [5.74, 6) is 0.0933. The number of benzene rings is 2. The SMILES string of the molecule is O=C(CC(c1cccs1)N1Cc2ccccc2C1=O)N1CCc2ccccc21. The number of carbonyl (C=O) groups excluding carboxylic acids is 2. The van der Waals surface area contributed by atoms with Gasteiger partial charge in [-0.05, 0) is 41.1 Å². The molecule has 0 bridgehead atoms. The van der Waals surface area contributed by atoms with Gasteiger partial charge < -0.3 is 9.80 Å². The number of fused-ring (bicyclic) bond motifs is 2. The molecule has 2 aliphatic heterocycles. The normalized spacial score (nSPS) is 16.2. The number of hydrogen-bond acceptors (Lipinski definition) is 3. The molecule has 0 fully saturated rings. The van der Waals surface area contributed by atoms with Gasteiger partial charge in [0.15, 0.2) is 0 Å². The predicted molar refractivity (Wildman–Crippen MR) is 110 cm³/mol. The summed E-state index contributed by atoms with van der Waals surface area (Å²) in [6.07, 6.45) is 1.19. The fourth-order valence-corrected chi connectivity index (χ4v) is 5.09. The van der Waals surface area contributed by atoms with Gasteiger partial charge >= 0.3 is 0 Å². The second kappa shape index (κ2) is 6.91. The molecule has 2 aliphatic rings. The molecule has 0 radical (unpaired) electrons. The van der Waals surface area contributed by atoms with Gasteiger partial charge in [0.2, 0.25) is 5.91 Å². The molecule has 5 heteroatoms. The minimum Gasteiger partial charge on any atom is -0.326 e. The minimum atomic E-state index is -0.236. The first-order valence-electron chi connectivity index (χ1n) is 9.53. The number of amides is 2. The summed E-state index contributed by atoms with van der Waals surface area (Å²) >= 11 is 1.60. The molecule has 2 aromatic carbocycles. The van der Waals surface area contributed by atoms with E-state index >= 15 is 0 Å². The van der Waals surface area contributed by atoms with Crippen molar-refractivity contribution in [2.45, 2.75) is 25.4 Å². The first-order valence-corrected chi connectivity index (χ1v) is 10.4. The van der Waals surface area contributed by atoms with Gasteiger partial charge in [-0.15, -0.1) is 11.3 Å². The summed E-state index contributed by atoms with van der Waals surface area (Å²) in [4.78, 5) is 31.1. The molecule has 28 heavy (non-hydrogen) atoms. The van der Waals surface area contributed by atoms with Crippen LogP contribution in [-0.4, -0.2) is 23.3 Å². The molecule has 140 valence electrons. The molecule has 3 heterocycles. The standard InChI is InChI=1S/C23H20N2O2S/c26-22(24-12-11-16-6-2-4-9-19(16)24)14-20(21-10-5-13-28-21)25-15-17-7-1-3-8-18(17)23(25)27/h1-10,13,20H,11-12,14-15H2. The Labute approximate surface area is 168 Å². The van der Waals surface area contributed by atoms with Crippen LogP contribution in [0.3, 0.4) is 0 Å². The number of hydrogen-bond donors (Lipinski definition) is 0. The first-order chi connectivity index (χ1) is 13.7. The highest BCUT2D eigenvalue weighted by Crippen LogP contribution is 2.37. The molecule has 1 aromatic heterocycles. The Morgan fingerprint density at radius 3 is 2.57 bits per heavy atom. The van der Waals surface area contributed by atoms with E-state index in [9.17, 15) is 9.59 Å². The van der Waals surface area contributed by atoms with Crippen LogP contribution in [0, 0.1) is 0 Å². The van der Waals surface area contributed by atoms with Crippen LogP contribution in [0.25, 0.3) is 0 Å². The third-order valence-corrected chi connectivity index (χ3v) is 6.63. The van der Waals surface area contributed by atoms with Crippen molar-refractivity contribution in [3.8, 4) is 0 Å². The van der Waals surface area contributed by atoms with E-state index in [4.69, 9.17) is 0 Å². The Balaban J connectivity index is 1.43. The molecular weight excluding hydrogens is 368 g/mol. The summed E-state index contributed by atoms with van der Waals surface area (Å²) in [7, 11) is 0. The Bertz CT molecular complexity index is 1040. The lowest BCUT2D eigenvalue weighted by Gasteiger charge is -2.28. The highest BCUT2D eigenvalue weighted by molar-refractivity contribution is 7.10. The Hall–Kier alpha value is -2.92. The largest absolute Gasteiger partial charge is 0.326 e. The number of carbonyl (C=O) groups is 2. The van der Waals surface area contributed by atoms with E-state index < -0.39 is 0 Å². The molecule has 3 aromatic rings. The zero-order valence-corrected chi connectivity index (χ0v) is 16.2. The van der Waals surface area contributed by atoms with Crippen LogP contribution < -0.4 is 4.90 Å². The molecule has 0 saturated carbocycles. The van der Waals surface area contributed by atoms with Crippen LogP contribution in [0.2, 0.25) is 0 Å². The maximum Gasteiger partial charge on any atom is 0.255 e. The van der Waals surface area contributed by atoms with Crippen molar-refractivity contribution in [1.82, 2.24) is 4.90 Å². The molecule has 0 saturated heterocycles. The number of para-hydroxylation sites is 1. The van der Waals surface area contributed by atoms with Crippen LogP contribution >= 0.6 is 11.3 Å². The molecule has 0 aliphatic carbocycles. The zero-order chi connectivity index (χ0) is 19.1. The lowest BCUT2D eigenvalue weighted by atomic mass is 10.1. The fraction of sp³-hybridized carbons (Fsp3) is 0.217. The van der Waals surface area contributed by atoms with E-state index in [1.165, 1.54) is 5.56 Å².